The molecule has 2 aromatic rings. The normalized spacial score (nSPS) is 13.4. The van der Waals surface area contributed by atoms with Crippen LogP contribution in [0.4, 0.5) is 8.78 Å². The van der Waals surface area contributed by atoms with E-state index in [1.807, 2.05) is 0 Å². The van der Waals surface area contributed by atoms with Crippen molar-refractivity contribution in [2.45, 2.75) is 13.0 Å². The SMILES string of the molecule is O=C(C=Cc1cc(F)cc2c1OCOC2)NCCc1ccccc1F. The number of carbonyl (C=O) groups excluding carboxylic acids is 1. The van der Waals surface area contributed by atoms with E-state index in [1.54, 1.807) is 18.2 Å². The fraction of sp³-hybridized carbons (Fsp3) is 0.211. The lowest BCUT2D eigenvalue weighted by molar-refractivity contribution is -0.116. The molecule has 1 aliphatic heterocycles. The summed E-state index contributed by atoms with van der Waals surface area (Å²) in [5.74, 6) is -0.546. The van der Waals surface area contributed by atoms with Gasteiger partial charge in [-0.05, 0) is 36.3 Å². The Morgan fingerprint density at radius 1 is 1.24 bits per heavy atom. The Balaban J connectivity index is 1.60. The molecule has 0 bridgehead atoms. The molecule has 130 valence electrons. The molecule has 0 aromatic heterocycles. The molecule has 0 fully saturated rings. The van der Waals surface area contributed by atoms with E-state index in [2.05, 4.69) is 5.32 Å². The standard InChI is InChI=1S/C19H17F2NO3/c20-16-9-14(19-15(10-16)11-24-12-25-19)5-6-18(23)22-8-7-13-3-1-2-4-17(13)21/h1-6,9-10H,7-8,11-12H2,(H,22,23). The summed E-state index contributed by atoms with van der Waals surface area (Å²) in [5.41, 5.74) is 1.62. The van der Waals surface area contributed by atoms with Crippen molar-refractivity contribution in [3.63, 3.8) is 0 Å². The first-order valence-electron chi connectivity index (χ1n) is 7.86. The Bertz CT molecular complexity index is 805. The van der Waals surface area contributed by atoms with E-state index in [0.717, 1.165) is 0 Å². The van der Waals surface area contributed by atoms with Crippen molar-refractivity contribution in [2.24, 2.45) is 0 Å². The third kappa shape index (κ3) is 4.42. The van der Waals surface area contributed by atoms with E-state index in [1.165, 1.54) is 30.4 Å². The molecule has 0 saturated heterocycles. The molecule has 0 atom stereocenters. The van der Waals surface area contributed by atoms with Gasteiger partial charge in [-0.2, -0.15) is 0 Å². The maximum Gasteiger partial charge on any atom is 0.244 e. The smallest absolute Gasteiger partial charge is 0.244 e. The molecule has 3 rings (SSSR count). The zero-order valence-electron chi connectivity index (χ0n) is 13.4. The highest BCUT2D eigenvalue weighted by molar-refractivity contribution is 5.92. The number of carbonyl (C=O) groups is 1. The zero-order valence-corrected chi connectivity index (χ0v) is 13.4. The van der Waals surface area contributed by atoms with Crippen LogP contribution in [-0.2, 0) is 22.6 Å². The second-order valence-corrected chi connectivity index (χ2v) is 5.56. The summed E-state index contributed by atoms with van der Waals surface area (Å²) in [6.45, 7) is 0.660. The van der Waals surface area contributed by atoms with Gasteiger partial charge in [0.15, 0.2) is 6.79 Å². The predicted octanol–water partition coefficient (Wildman–Crippen LogP) is 3.20. The number of halogens is 2. The molecule has 6 heteroatoms. The average molecular weight is 345 g/mol. The Morgan fingerprint density at radius 3 is 2.92 bits per heavy atom. The molecular weight excluding hydrogens is 328 g/mol. The van der Waals surface area contributed by atoms with E-state index in [9.17, 15) is 13.6 Å². The first-order valence-corrected chi connectivity index (χ1v) is 7.86. The number of amides is 1. The van der Waals surface area contributed by atoms with Crippen LogP contribution in [0, 0.1) is 11.6 Å². The topological polar surface area (TPSA) is 47.6 Å². The number of fused-ring (bicyclic) bond motifs is 1. The van der Waals surface area contributed by atoms with E-state index in [0.29, 0.717) is 35.4 Å². The molecule has 1 amide bonds. The van der Waals surface area contributed by atoms with Gasteiger partial charge in [0.05, 0.1) is 6.61 Å². The Kier molecular flexibility index (Phi) is 5.40. The molecule has 1 N–H and O–H groups in total. The average Bonchev–Trinajstić information content (AvgIpc) is 2.61. The quantitative estimate of drug-likeness (QED) is 0.847. The third-order valence-electron chi connectivity index (χ3n) is 3.77. The highest BCUT2D eigenvalue weighted by Crippen LogP contribution is 2.30. The van der Waals surface area contributed by atoms with Crippen LogP contribution >= 0.6 is 0 Å². The second kappa shape index (κ2) is 7.90. The number of nitrogens with one attached hydrogen (secondary N) is 1. The molecule has 1 heterocycles. The molecule has 0 spiro atoms. The van der Waals surface area contributed by atoms with Crippen molar-refractivity contribution >= 4 is 12.0 Å². The van der Waals surface area contributed by atoms with Gasteiger partial charge in [-0.15, -0.1) is 0 Å². The van der Waals surface area contributed by atoms with Crippen molar-refractivity contribution in [2.75, 3.05) is 13.3 Å². The van der Waals surface area contributed by atoms with E-state index in [-0.39, 0.29) is 25.1 Å². The van der Waals surface area contributed by atoms with E-state index >= 15 is 0 Å². The summed E-state index contributed by atoms with van der Waals surface area (Å²) in [4.78, 5) is 11.9. The van der Waals surface area contributed by atoms with Crippen molar-refractivity contribution in [1.29, 1.82) is 0 Å². The highest BCUT2D eigenvalue weighted by atomic mass is 19.1. The van der Waals surface area contributed by atoms with Gasteiger partial charge in [0.1, 0.15) is 17.4 Å². The summed E-state index contributed by atoms with van der Waals surface area (Å²) >= 11 is 0. The van der Waals surface area contributed by atoms with Crippen LogP contribution in [0.5, 0.6) is 5.75 Å². The summed E-state index contributed by atoms with van der Waals surface area (Å²) in [6, 6.07) is 9.07. The van der Waals surface area contributed by atoms with Crippen LogP contribution in [-0.4, -0.2) is 19.2 Å². The summed E-state index contributed by atoms with van der Waals surface area (Å²) in [6.07, 6.45) is 3.18. The first kappa shape index (κ1) is 17.1. The van der Waals surface area contributed by atoms with E-state index < -0.39 is 5.82 Å². The summed E-state index contributed by atoms with van der Waals surface area (Å²) in [5, 5.41) is 2.67. The second-order valence-electron chi connectivity index (χ2n) is 5.56. The van der Waals surface area contributed by atoms with Gasteiger partial charge in [0.2, 0.25) is 5.91 Å². The maximum atomic E-state index is 13.6. The minimum Gasteiger partial charge on any atom is -0.467 e. The van der Waals surface area contributed by atoms with Gasteiger partial charge in [-0.3, -0.25) is 4.79 Å². The van der Waals surface area contributed by atoms with Crippen LogP contribution in [0.15, 0.2) is 42.5 Å². The number of hydrogen-bond acceptors (Lipinski definition) is 3. The fourth-order valence-electron chi connectivity index (χ4n) is 2.58. The molecule has 1 aliphatic rings. The number of hydrogen-bond donors (Lipinski definition) is 1. The van der Waals surface area contributed by atoms with Crippen LogP contribution in [0.3, 0.4) is 0 Å². The van der Waals surface area contributed by atoms with Crippen molar-refractivity contribution in [3.05, 3.63) is 70.8 Å². The summed E-state index contributed by atoms with van der Waals surface area (Å²) in [7, 11) is 0. The molecule has 4 nitrogen and oxygen atoms in total. The van der Waals surface area contributed by atoms with Gasteiger partial charge in [0.25, 0.3) is 0 Å². The zero-order chi connectivity index (χ0) is 17.6. The van der Waals surface area contributed by atoms with Crippen LogP contribution in [0.25, 0.3) is 6.08 Å². The molecule has 0 saturated carbocycles. The Labute approximate surface area is 144 Å². The van der Waals surface area contributed by atoms with Gasteiger partial charge < -0.3 is 14.8 Å². The lowest BCUT2D eigenvalue weighted by atomic mass is 10.1. The number of ether oxygens (including phenoxy) is 2. The van der Waals surface area contributed by atoms with Gasteiger partial charge >= 0.3 is 0 Å². The van der Waals surface area contributed by atoms with Crippen LogP contribution in [0.1, 0.15) is 16.7 Å². The highest BCUT2D eigenvalue weighted by Gasteiger charge is 2.15. The molecule has 0 unspecified atom stereocenters. The number of rotatable bonds is 5. The molecule has 25 heavy (non-hydrogen) atoms. The molecule has 2 aromatic carbocycles. The van der Waals surface area contributed by atoms with Crippen LogP contribution in [0.2, 0.25) is 0 Å². The fourth-order valence-corrected chi connectivity index (χ4v) is 2.58. The van der Waals surface area contributed by atoms with Crippen molar-refractivity contribution in [1.82, 2.24) is 5.32 Å². The summed E-state index contributed by atoms with van der Waals surface area (Å²) < 4.78 is 37.6. The Hall–Kier alpha value is -2.73. The largest absolute Gasteiger partial charge is 0.467 e. The monoisotopic (exact) mass is 345 g/mol. The van der Waals surface area contributed by atoms with Gasteiger partial charge in [0, 0.05) is 23.7 Å². The van der Waals surface area contributed by atoms with Gasteiger partial charge in [-0.25, -0.2) is 8.78 Å². The molecular formula is C19H17F2NO3. The minimum atomic E-state index is -0.424. The lowest BCUT2D eigenvalue weighted by Crippen LogP contribution is -2.23. The molecule has 0 radical (unpaired) electrons. The van der Waals surface area contributed by atoms with Gasteiger partial charge in [-0.1, -0.05) is 18.2 Å². The minimum absolute atomic E-state index is 0.0916. The molecule has 0 aliphatic carbocycles. The van der Waals surface area contributed by atoms with Crippen molar-refractivity contribution in [3.8, 4) is 5.75 Å². The third-order valence-corrected chi connectivity index (χ3v) is 3.77. The van der Waals surface area contributed by atoms with Crippen molar-refractivity contribution < 1.29 is 23.0 Å². The predicted molar refractivity (Wildman–Crippen MR) is 88.8 cm³/mol. The maximum absolute atomic E-state index is 13.6. The van der Waals surface area contributed by atoms with Crippen LogP contribution < -0.4 is 10.1 Å². The number of benzene rings is 2. The Morgan fingerprint density at radius 2 is 2.08 bits per heavy atom. The van der Waals surface area contributed by atoms with E-state index in [4.69, 9.17) is 9.47 Å². The first-order chi connectivity index (χ1) is 12.1. The lowest BCUT2D eigenvalue weighted by Gasteiger charge is -2.19.